The summed E-state index contributed by atoms with van der Waals surface area (Å²) in [4.78, 5) is 0. The minimum Gasteiger partial charge on any atom is -0.494 e. The maximum absolute atomic E-state index is 5.40. The van der Waals surface area contributed by atoms with Crippen LogP contribution in [0.4, 0.5) is 0 Å². The first-order valence-electron chi connectivity index (χ1n) is 5.33. The standard InChI is InChI=1S/C10H13BrO2.C2H6/c1-3-12-8-5-6-9(11)10(7-8)13-4-2;1-2/h5-7H,3-4H2,1-2H3;1-2H3. The van der Waals surface area contributed by atoms with Crippen LogP contribution in [0, 0.1) is 0 Å². The molecule has 0 saturated heterocycles. The number of rotatable bonds is 4. The van der Waals surface area contributed by atoms with Crippen molar-refractivity contribution in [1.82, 2.24) is 0 Å². The third-order valence-electron chi connectivity index (χ3n) is 1.51. The molecule has 0 aliphatic rings. The van der Waals surface area contributed by atoms with Gasteiger partial charge in [-0.3, -0.25) is 0 Å². The van der Waals surface area contributed by atoms with Crippen LogP contribution in [0.2, 0.25) is 0 Å². The Morgan fingerprint density at radius 2 is 1.67 bits per heavy atom. The molecular formula is C12H19BrO2. The summed E-state index contributed by atoms with van der Waals surface area (Å²) in [6.07, 6.45) is 0. The van der Waals surface area contributed by atoms with Crippen molar-refractivity contribution in [3.63, 3.8) is 0 Å². The maximum atomic E-state index is 5.40. The molecule has 0 saturated carbocycles. The maximum Gasteiger partial charge on any atom is 0.137 e. The van der Waals surface area contributed by atoms with Crippen LogP contribution in [-0.2, 0) is 0 Å². The van der Waals surface area contributed by atoms with Crippen molar-refractivity contribution in [2.75, 3.05) is 13.2 Å². The topological polar surface area (TPSA) is 18.5 Å². The van der Waals surface area contributed by atoms with Gasteiger partial charge in [0.15, 0.2) is 0 Å². The summed E-state index contributed by atoms with van der Waals surface area (Å²) in [6.45, 7) is 9.25. The molecule has 86 valence electrons. The first-order chi connectivity index (χ1) is 7.27. The van der Waals surface area contributed by atoms with Gasteiger partial charge in [0.2, 0.25) is 0 Å². The fraction of sp³-hybridized carbons (Fsp3) is 0.500. The molecule has 0 aliphatic heterocycles. The normalized spacial score (nSPS) is 8.87. The zero-order chi connectivity index (χ0) is 11.7. The lowest BCUT2D eigenvalue weighted by Crippen LogP contribution is -1.95. The number of hydrogen-bond acceptors (Lipinski definition) is 2. The molecule has 0 bridgehead atoms. The van der Waals surface area contributed by atoms with Gasteiger partial charge in [0.1, 0.15) is 11.5 Å². The van der Waals surface area contributed by atoms with Crippen LogP contribution in [0.5, 0.6) is 11.5 Å². The summed E-state index contributed by atoms with van der Waals surface area (Å²) in [6, 6.07) is 5.73. The van der Waals surface area contributed by atoms with Crippen LogP contribution in [0.15, 0.2) is 22.7 Å². The van der Waals surface area contributed by atoms with Crippen LogP contribution in [-0.4, -0.2) is 13.2 Å². The van der Waals surface area contributed by atoms with Gasteiger partial charge in [-0.15, -0.1) is 0 Å². The van der Waals surface area contributed by atoms with E-state index in [9.17, 15) is 0 Å². The Morgan fingerprint density at radius 3 is 2.20 bits per heavy atom. The molecule has 1 aromatic rings. The number of ether oxygens (including phenoxy) is 2. The smallest absolute Gasteiger partial charge is 0.137 e. The predicted octanol–water partition coefficient (Wildman–Crippen LogP) is 4.27. The summed E-state index contributed by atoms with van der Waals surface area (Å²) >= 11 is 3.40. The summed E-state index contributed by atoms with van der Waals surface area (Å²) in [5.74, 6) is 1.67. The lowest BCUT2D eigenvalue weighted by Gasteiger charge is -2.08. The van der Waals surface area contributed by atoms with Crippen molar-refractivity contribution >= 4 is 15.9 Å². The van der Waals surface area contributed by atoms with Gasteiger partial charge < -0.3 is 9.47 Å². The van der Waals surface area contributed by atoms with E-state index in [-0.39, 0.29) is 0 Å². The predicted molar refractivity (Wildman–Crippen MR) is 67.8 cm³/mol. The molecule has 0 heterocycles. The van der Waals surface area contributed by atoms with Crippen LogP contribution in [0.3, 0.4) is 0 Å². The Hall–Kier alpha value is -0.700. The van der Waals surface area contributed by atoms with Crippen LogP contribution in [0.25, 0.3) is 0 Å². The summed E-state index contributed by atoms with van der Waals surface area (Å²) < 4.78 is 11.7. The van der Waals surface area contributed by atoms with E-state index < -0.39 is 0 Å². The average Bonchev–Trinajstić information content (AvgIpc) is 2.27. The van der Waals surface area contributed by atoms with Crippen molar-refractivity contribution in [2.45, 2.75) is 27.7 Å². The summed E-state index contributed by atoms with van der Waals surface area (Å²) in [5, 5.41) is 0. The lowest BCUT2D eigenvalue weighted by molar-refractivity contribution is 0.322. The highest BCUT2D eigenvalue weighted by Crippen LogP contribution is 2.29. The van der Waals surface area contributed by atoms with E-state index in [1.807, 2.05) is 45.9 Å². The molecule has 0 amide bonds. The monoisotopic (exact) mass is 274 g/mol. The van der Waals surface area contributed by atoms with E-state index in [4.69, 9.17) is 9.47 Å². The zero-order valence-electron chi connectivity index (χ0n) is 9.84. The van der Waals surface area contributed by atoms with E-state index >= 15 is 0 Å². The average molecular weight is 275 g/mol. The molecule has 0 radical (unpaired) electrons. The van der Waals surface area contributed by atoms with Gasteiger partial charge in [0, 0.05) is 6.07 Å². The van der Waals surface area contributed by atoms with Crippen LogP contribution in [0.1, 0.15) is 27.7 Å². The van der Waals surface area contributed by atoms with Gasteiger partial charge in [-0.05, 0) is 41.9 Å². The quantitative estimate of drug-likeness (QED) is 0.816. The molecule has 0 aromatic heterocycles. The third kappa shape index (κ3) is 5.07. The Bertz CT molecular complexity index is 274. The van der Waals surface area contributed by atoms with E-state index in [0.29, 0.717) is 13.2 Å². The first-order valence-corrected chi connectivity index (χ1v) is 6.12. The Balaban J connectivity index is 0.000000921. The molecular weight excluding hydrogens is 256 g/mol. The van der Waals surface area contributed by atoms with Gasteiger partial charge in [0.25, 0.3) is 0 Å². The fourth-order valence-electron chi connectivity index (χ4n) is 1.01. The molecule has 1 aromatic carbocycles. The van der Waals surface area contributed by atoms with E-state index in [0.717, 1.165) is 16.0 Å². The van der Waals surface area contributed by atoms with Crippen molar-refractivity contribution in [2.24, 2.45) is 0 Å². The van der Waals surface area contributed by atoms with E-state index in [1.54, 1.807) is 0 Å². The third-order valence-corrected chi connectivity index (χ3v) is 2.17. The number of hydrogen-bond donors (Lipinski definition) is 0. The second-order valence-electron chi connectivity index (χ2n) is 2.46. The van der Waals surface area contributed by atoms with Gasteiger partial charge in [-0.25, -0.2) is 0 Å². The van der Waals surface area contributed by atoms with Gasteiger partial charge >= 0.3 is 0 Å². The van der Waals surface area contributed by atoms with Crippen molar-refractivity contribution in [1.29, 1.82) is 0 Å². The molecule has 0 atom stereocenters. The molecule has 0 aliphatic carbocycles. The SMILES string of the molecule is CC.CCOc1ccc(Br)c(OCC)c1. The zero-order valence-corrected chi connectivity index (χ0v) is 11.4. The van der Waals surface area contributed by atoms with Crippen molar-refractivity contribution < 1.29 is 9.47 Å². The van der Waals surface area contributed by atoms with Crippen molar-refractivity contribution in [3.8, 4) is 11.5 Å². The Morgan fingerprint density at radius 1 is 1.07 bits per heavy atom. The number of benzene rings is 1. The molecule has 3 heteroatoms. The molecule has 0 unspecified atom stereocenters. The Labute approximate surface area is 101 Å². The summed E-state index contributed by atoms with van der Waals surface area (Å²) in [7, 11) is 0. The molecule has 0 N–H and O–H groups in total. The van der Waals surface area contributed by atoms with E-state index in [2.05, 4.69) is 15.9 Å². The second kappa shape index (κ2) is 8.60. The highest BCUT2D eigenvalue weighted by atomic mass is 79.9. The second-order valence-corrected chi connectivity index (χ2v) is 3.31. The molecule has 15 heavy (non-hydrogen) atoms. The van der Waals surface area contributed by atoms with Crippen molar-refractivity contribution in [3.05, 3.63) is 22.7 Å². The van der Waals surface area contributed by atoms with Gasteiger partial charge in [-0.2, -0.15) is 0 Å². The van der Waals surface area contributed by atoms with Crippen LogP contribution >= 0.6 is 15.9 Å². The largest absolute Gasteiger partial charge is 0.494 e. The summed E-state index contributed by atoms with van der Waals surface area (Å²) in [5.41, 5.74) is 0. The Kier molecular flexibility index (Phi) is 8.19. The van der Waals surface area contributed by atoms with Gasteiger partial charge in [0.05, 0.1) is 17.7 Å². The van der Waals surface area contributed by atoms with E-state index in [1.165, 1.54) is 0 Å². The molecule has 2 nitrogen and oxygen atoms in total. The highest BCUT2D eigenvalue weighted by molar-refractivity contribution is 9.10. The minimum atomic E-state index is 0.661. The number of halogens is 1. The highest BCUT2D eigenvalue weighted by Gasteiger charge is 2.01. The minimum absolute atomic E-state index is 0.661. The van der Waals surface area contributed by atoms with Crippen LogP contribution < -0.4 is 9.47 Å². The fourth-order valence-corrected chi connectivity index (χ4v) is 1.37. The lowest BCUT2D eigenvalue weighted by atomic mass is 10.3. The molecule has 0 spiro atoms. The molecule has 0 fully saturated rings. The molecule has 1 rings (SSSR count). The first kappa shape index (κ1) is 14.3. The van der Waals surface area contributed by atoms with Gasteiger partial charge in [-0.1, -0.05) is 13.8 Å².